The first kappa shape index (κ1) is 6.56. The van der Waals surface area contributed by atoms with Crippen LogP contribution >= 0.6 is 15.9 Å². The fourth-order valence-electron chi connectivity index (χ4n) is 0.815. The van der Waals surface area contributed by atoms with E-state index in [1.54, 1.807) is 0 Å². The van der Waals surface area contributed by atoms with Crippen LogP contribution < -0.4 is 0 Å². The highest BCUT2D eigenvalue weighted by Gasteiger charge is 2.27. The molecule has 0 spiro atoms. The van der Waals surface area contributed by atoms with Crippen molar-refractivity contribution in [3.05, 3.63) is 0 Å². The fourth-order valence-corrected chi connectivity index (χ4v) is 1.26. The van der Waals surface area contributed by atoms with Crippen LogP contribution in [0.15, 0.2) is 0 Å². The van der Waals surface area contributed by atoms with Crippen molar-refractivity contribution in [2.24, 2.45) is 5.41 Å². The zero-order chi connectivity index (χ0) is 6.04. The highest BCUT2D eigenvalue weighted by atomic mass is 79.9. The highest BCUT2D eigenvalue weighted by Crippen LogP contribution is 2.29. The topological polar surface area (TPSA) is 9.23 Å². The van der Waals surface area contributed by atoms with E-state index in [0.29, 0.717) is 5.41 Å². The molecule has 1 saturated heterocycles. The van der Waals surface area contributed by atoms with Gasteiger partial charge >= 0.3 is 0 Å². The first-order valence-corrected chi connectivity index (χ1v) is 4.03. The van der Waals surface area contributed by atoms with Crippen molar-refractivity contribution in [3.63, 3.8) is 0 Å². The van der Waals surface area contributed by atoms with Gasteiger partial charge in [-0.3, -0.25) is 0 Å². The molecule has 0 bridgehead atoms. The maximum Gasteiger partial charge on any atom is 0.0528 e. The Labute approximate surface area is 58.5 Å². The second kappa shape index (κ2) is 2.36. The Balaban J connectivity index is 2.40. The lowest BCUT2D eigenvalue weighted by molar-refractivity contribution is 0.168. The zero-order valence-electron chi connectivity index (χ0n) is 5.11. The van der Waals surface area contributed by atoms with E-state index in [4.69, 9.17) is 4.74 Å². The summed E-state index contributed by atoms with van der Waals surface area (Å²) in [6.45, 7) is 4.12. The summed E-state index contributed by atoms with van der Waals surface area (Å²) in [5.41, 5.74) is 0.431. The van der Waals surface area contributed by atoms with Crippen LogP contribution in [0.1, 0.15) is 13.3 Å². The minimum Gasteiger partial charge on any atom is -0.381 e. The number of halogens is 1. The molecule has 0 N–H and O–H groups in total. The second-order valence-corrected chi connectivity index (χ2v) is 3.31. The van der Waals surface area contributed by atoms with Crippen LogP contribution in [-0.2, 0) is 4.74 Å². The number of ether oxygens (including phenoxy) is 1. The van der Waals surface area contributed by atoms with Gasteiger partial charge in [0.2, 0.25) is 0 Å². The molecule has 1 atom stereocenters. The largest absolute Gasteiger partial charge is 0.381 e. The van der Waals surface area contributed by atoms with Gasteiger partial charge in [0.1, 0.15) is 0 Å². The van der Waals surface area contributed by atoms with Gasteiger partial charge in [0.05, 0.1) is 6.61 Å². The van der Waals surface area contributed by atoms with E-state index in [1.807, 2.05) is 0 Å². The molecule has 1 heterocycles. The van der Waals surface area contributed by atoms with Crippen LogP contribution in [0.4, 0.5) is 0 Å². The molecule has 1 aliphatic rings. The third-order valence-electron chi connectivity index (χ3n) is 1.62. The SMILES string of the molecule is CC1(CBr)CCOC1. The summed E-state index contributed by atoms with van der Waals surface area (Å²) in [5, 5.41) is 1.07. The van der Waals surface area contributed by atoms with Crippen LogP contribution in [0.5, 0.6) is 0 Å². The van der Waals surface area contributed by atoms with Gasteiger partial charge in [0, 0.05) is 17.4 Å². The van der Waals surface area contributed by atoms with Crippen molar-refractivity contribution in [2.75, 3.05) is 18.5 Å². The summed E-state index contributed by atoms with van der Waals surface area (Å²) < 4.78 is 5.22. The molecule has 0 saturated carbocycles. The third kappa shape index (κ3) is 1.23. The van der Waals surface area contributed by atoms with E-state index in [0.717, 1.165) is 18.5 Å². The Hall–Kier alpha value is 0.440. The quantitative estimate of drug-likeness (QED) is 0.557. The minimum atomic E-state index is 0.431. The van der Waals surface area contributed by atoms with Crippen molar-refractivity contribution in [1.29, 1.82) is 0 Å². The molecule has 1 unspecified atom stereocenters. The normalized spacial score (nSPS) is 38.2. The van der Waals surface area contributed by atoms with Crippen LogP contribution in [0.25, 0.3) is 0 Å². The third-order valence-corrected chi connectivity index (χ3v) is 2.98. The first-order chi connectivity index (χ1) is 3.77. The lowest BCUT2D eigenvalue weighted by atomic mass is 9.93. The molecule has 1 fully saturated rings. The molecule has 1 rings (SSSR count). The van der Waals surface area contributed by atoms with Crippen molar-refractivity contribution in [1.82, 2.24) is 0 Å². The number of rotatable bonds is 1. The Kier molecular flexibility index (Phi) is 1.93. The molecule has 0 aromatic carbocycles. The van der Waals surface area contributed by atoms with Crippen molar-refractivity contribution >= 4 is 15.9 Å². The van der Waals surface area contributed by atoms with Gasteiger partial charge in [-0.2, -0.15) is 0 Å². The van der Waals surface area contributed by atoms with Gasteiger partial charge in [0.25, 0.3) is 0 Å². The lowest BCUT2D eigenvalue weighted by Gasteiger charge is -2.16. The summed E-state index contributed by atoms with van der Waals surface area (Å²) in [4.78, 5) is 0. The highest BCUT2D eigenvalue weighted by molar-refractivity contribution is 9.09. The van der Waals surface area contributed by atoms with E-state index in [2.05, 4.69) is 22.9 Å². The average Bonchev–Trinajstić information content (AvgIpc) is 2.17. The molecule has 8 heavy (non-hydrogen) atoms. The fraction of sp³-hybridized carbons (Fsp3) is 1.00. The van der Waals surface area contributed by atoms with Crippen LogP contribution in [0.2, 0.25) is 0 Å². The summed E-state index contributed by atoms with van der Waals surface area (Å²) in [6, 6.07) is 0. The number of hydrogen-bond donors (Lipinski definition) is 0. The van der Waals surface area contributed by atoms with Crippen molar-refractivity contribution in [3.8, 4) is 0 Å². The van der Waals surface area contributed by atoms with Gasteiger partial charge in [-0.05, 0) is 6.42 Å². The number of alkyl halides is 1. The summed E-state index contributed by atoms with van der Waals surface area (Å²) in [7, 11) is 0. The molecule has 0 aromatic rings. The zero-order valence-corrected chi connectivity index (χ0v) is 6.70. The molecular formula is C6H11BrO. The maximum absolute atomic E-state index is 5.22. The minimum absolute atomic E-state index is 0.431. The Bertz CT molecular complexity index is 76.6. The van der Waals surface area contributed by atoms with E-state index in [-0.39, 0.29) is 0 Å². The Morgan fingerprint density at radius 1 is 1.75 bits per heavy atom. The average molecular weight is 179 g/mol. The monoisotopic (exact) mass is 178 g/mol. The molecule has 0 aliphatic carbocycles. The van der Waals surface area contributed by atoms with Gasteiger partial charge < -0.3 is 4.74 Å². The van der Waals surface area contributed by atoms with E-state index in [1.165, 1.54) is 6.42 Å². The molecule has 2 heteroatoms. The molecule has 0 aromatic heterocycles. The molecule has 0 radical (unpaired) electrons. The molecule has 1 aliphatic heterocycles. The van der Waals surface area contributed by atoms with Crippen LogP contribution in [-0.4, -0.2) is 18.5 Å². The van der Waals surface area contributed by atoms with Crippen molar-refractivity contribution in [2.45, 2.75) is 13.3 Å². The predicted octanol–water partition coefficient (Wildman–Crippen LogP) is 1.81. The van der Waals surface area contributed by atoms with Gasteiger partial charge in [-0.1, -0.05) is 22.9 Å². The summed E-state index contributed by atoms with van der Waals surface area (Å²) >= 11 is 3.45. The molecular weight excluding hydrogens is 168 g/mol. The van der Waals surface area contributed by atoms with Crippen molar-refractivity contribution < 1.29 is 4.74 Å². The predicted molar refractivity (Wildman–Crippen MR) is 37.3 cm³/mol. The molecule has 1 nitrogen and oxygen atoms in total. The molecule has 0 amide bonds. The van der Waals surface area contributed by atoms with Gasteiger partial charge in [-0.15, -0.1) is 0 Å². The Morgan fingerprint density at radius 2 is 2.50 bits per heavy atom. The smallest absolute Gasteiger partial charge is 0.0528 e. The summed E-state index contributed by atoms with van der Waals surface area (Å²) in [5.74, 6) is 0. The van der Waals surface area contributed by atoms with Gasteiger partial charge in [0.15, 0.2) is 0 Å². The van der Waals surface area contributed by atoms with Gasteiger partial charge in [-0.25, -0.2) is 0 Å². The van der Waals surface area contributed by atoms with E-state index < -0.39 is 0 Å². The standard InChI is InChI=1S/C6H11BrO/c1-6(4-7)2-3-8-5-6/h2-5H2,1H3. The first-order valence-electron chi connectivity index (χ1n) is 2.91. The van der Waals surface area contributed by atoms with Crippen LogP contribution in [0, 0.1) is 5.41 Å². The van der Waals surface area contributed by atoms with E-state index >= 15 is 0 Å². The second-order valence-electron chi connectivity index (χ2n) is 2.75. The summed E-state index contributed by atoms with van der Waals surface area (Å²) in [6.07, 6.45) is 1.21. The number of hydrogen-bond acceptors (Lipinski definition) is 1. The van der Waals surface area contributed by atoms with E-state index in [9.17, 15) is 0 Å². The Morgan fingerprint density at radius 3 is 2.75 bits per heavy atom. The maximum atomic E-state index is 5.22. The molecule has 48 valence electrons. The van der Waals surface area contributed by atoms with Crippen LogP contribution in [0.3, 0.4) is 0 Å². The lowest BCUT2D eigenvalue weighted by Crippen LogP contribution is -2.16.